The van der Waals surface area contributed by atoms with E-state index in [1.165, 1.54) is 0 Å². The van der Waals surface area contributed by atoms with Gasteiger partial charge in [0.05, 0.1) is 13.2 Å². The lowest BCUT2D eigenvalue weighted by atomic mass is 10.2. The summed E-state index contributed by atoms with van der Waals surface area (Å²) in [4.78, 5) is 0. The first-order valence-corrected chi connectivity index (χ1v) is 7.09. The van der Waals surface area contributed by atoms with Crippen LogP contribution in [0.15, 0.2) is 28.7 Å². The Labute approximate surface area is 119 Å². The molecule has 1 aromatic carbocycles. The first-order chi connectivity index (χ1) is 9.83. The maximum absolute atomic E-state index is 5.62. The van der Waals surface area contributed by atoms with Gasteiger partial charge in [-0.2, -0.15) is 0 Å². The van der Waals surface area contributed by atoms with E-state index in [0.29, 0.717) is 18.3 Å². The van der Waals surface area contributed by atoms with Crippen molar-refractivity contribution in [2.24, 2.45) is 0 Å². The SMILES string of the molecule is CCCCOc1ccc(-c2nnc(CNCC)o2)cc1. The third-order valence-electron chi connectivity index (χ3n) is 2.86. The zero-order chi connectivity index (χ0) is 14.2. The standard InChI is InChI=1S/C15H21N3O2/c1-3-5-10-19-13-8-6-12(7-9-13)15-18-17-14(20-15)11-16-4-2/h6-9,16H,3-5,10-11H2,1-2H3. The van der Waals surface area contributed by atoms with Crippen molar-refractivity contribution in [1.29, 1.82) is 0 Å². The highest BCUT2D eigenvalue weighted by Crippen LogP contribution is 2.21. The highest BCUT2D eigenvalue weighted by atomic mass is 16.5. The van der Waals surface area contributed by atoms with Crippen molar-refractivity contribution in [3.05, 3.63) is 30.2 Å². The molecule has 5 nitrogen and oxygen atoms in total. The van der Waals surface area contributed by atoms with Crippen LogP contribution in [-0.4, -0.2) is 23.3 Å². The second-order valence-corrected chi connectivity index (χ2v) is 4.51. The van der Waals surface area contributed by atoms with Gasteiger partial charge in [-0.25, -0.2) is 0 Å². The van der Waals surface area contributed by atoms with E-state index in [0.717, 1.165) is 37.3 Å². The van der Waals surface area contributed by atoms with E-state index in [1.54, 1.807) is 0 Å². The highest BCUT2D eigenvalue weighted by Gasteiger charge is 2.08. The van der Waals surface area contributed by atoms with Crippen molar-refractivity contribution in [3.63, 3.8) is 0 Å². The van der Waals surface area contributed by atoms with Crippen LogP contribution < -0.4 is 10.1 Å². The lowest BCUT2D eigenvalue weighted by molar-refractivity contribution is 0.309. The Morgan fingerprint density at radius 1 is 1.15 bits per heavy atom. The van der Waals surface area contributed by atoms with Crippen molar-refractivity contribution in [1.82, 2.24) is 15.5 Å². The zero-order valence-corrected chi connectivity index (χ0v) is 12.1. The monoisotopic (exact) mass is 275 g/mol. The molecule has 2 rings (SSSR count). The van der Waals surface area contributed by atoms with E-state index in [9.17, 15) is 0 Å². The molecule has 0 unspecified atom stereocenters. The Morgan fingerprint density at radius 2 is 1.95 bits per heavy atom. The van der Waals surface area contributed by atoms with Gasteiger partial charge in [0.2, 0.25) is 11.8 Å². The van der Waals surface area contributed by atoms with Crippen LogP contribution in [0, 0.1) is 0 Å². The number of aromatic nitrogens is 2. The van der Waals surface area contributed by atoms with Crippen LogP contribution in [-0.2, 0) is 6.54 Å². The van der Waals surface area contributed by atoms with Crippen molar-refractivity contribution in [2.45, 2.75) is 33.2 Å². The largest absolute Gasteiger partial charge is 0.494 e. The fourth-order valence-electron chi connectivity index (χ4n) is 1.70. The molecular formula is C15H21N3O2. The molecule has 1 aromatic heterocycles. The summed E-state index contributed by atoms with van der Waals surface area (Å²) in [6, 6.07) is 7.73. The molecule has 20 heavy (non-hydrogen) atoms. The molecule has 5 heteroatoms. The lowest BCUT2D eigenvalue weighted by Crippen LogP contribution is -2.11. The second-order valence-electron chi connectivity index (χ2n) is 4.51. The maximum Gasteiger partial charge on any atom is 0.247 e. The molecule has 2 aromatic rings. The van der Waals surface area contributed by atoms with Crippen LogP contribution in [0.25, 0.3) is 11.5 Å². The molecule has 0 amide bonds. The Morgan fingerprint density at radius 3 is 2.65 bits per heavy atom. The third kappa shape index (κ3) is 4.06. The average Bonchev–Trinajstić information content (AvgIpc) is 2.95. The minimum atomic E-state index is 0.540. The smallest absolute Gasteiger partial charge is 0.247 e. The predicted octanol–water partition coefficient (Wildman–Crippen LogP) is 3.03. The lowest BCUT2D eigenvalue weighted by Gasteiger charge is -2.05. The van der Waals surface area contributed by atoms with Crippen LogP contribution in [0.4, 0.5) is 0 Å². The molecule has 0 bridgehead atoms. The van der Waals surface area contributed by atoms with E-state index in [1.807, 2.05) is 31.2 Å². The van der Waals surface area contributed by atoms with E-state index >= 15 is 0 Å². The van der Waals surface area contributed by atoms with Crippen LogP contribution in [0.1, 0.15) is 32.6 Å². The van der Waals surface area contributed by atoms with Crippen LogP contribution in [0.3, 0.4) is 0 Å². The summed E-state index contributed by atoms with van der Waals surface area (Å²) in [5.41, 5.74) is 0.906. The Bertz CT molecular complexity index is 508. The molecule has 0 saturated carbocycles. The summed E-state index contributed by atoms with van der Waals surface area (Å²) in [6.07, 6.45) is 2.20. The van der Waals surface area contributed by atoms with Crippen LogP contribution >= 0.6 is 0 Å². The first-order valence-electron chi connectivity index (χ1n) is 7.09. The Kier molecular flexibility index (Phi) is 5.55. The highest BCUT2D eigenvalue weighted by molar-refractivity contribution is 5.53. The number of unbranched alkanes of at least 4 members (excludes halogenated alkanes) is 1. The third-order valence-corrected chi connectivity index (χ3v) is 2.86. The molecular weight excluding hydrogens is 254 g/mol. The molecule has 1 N–H and O–H groups in total. The van der Waals surface area contributed by atoms with Crippen LogP contribution in [0.2, 0.25) is 0 Å². The van der Waals surface area contributed by atoms with Crippen LogP contribution in [0.5, 0.6) is 5.75 Å². The minimum absolute atomic E-state index is 0.540. The molecule has 0 aliphatic rings. The summed E-state index contributed by atoms with van der Waals surface area (Å²) in [7, 11) is 0. The molecule has 0 aliphatic carbocycles. The van der Waals surface area contributed by atoms with Gasteiger partial charge < -0.3 is 14.5 Å². The summed E-state index contributed by atoms with van der Waals surface area (Å²) < 4.78 is 11.2. The molecule has 0 saturated heterocycles. The number of nitrogens with zero attached hydrogens (tertiary/aromatic N) is 2. The maximum atomic E-state index is 5.62. The molecule has 108 valence electrons. The number of hydrogen-bond donors (Lipinski definition) is 1. The van der Waals surface area contributed by atoms with Gasteiger partial charge in [-0.15, -0.1) is 10.2 Å². The molecule has 0 atom stereocenters. The minimum Gasteiger partial charge on any atom is -0.494 e. The van der Waals surface area contributed by atoms with Gasteiger partial charge in [-0.1, -0.05) is 20.3 Å². The predicted molar refractivity (Wildman–Crippen MR) is 77.5 cm³/mol. The van der Waals surface area contributed by atoms with Crippen molar-refractivity contribution < 1.29 is 9.15 Å². The summed E-state index contributed by atoms with van der Waals surface area (Å²) in [5.74, 6) is 2.01. The Balaban J connectivity index is 1.96. The second kappa shape index (κ2) is 7.65. The number of nitrogens with one attached hydrogen (secondary N) is 1. The number of hydrogen-bond acceptors (Lipinski definition) is 5. The number of benzene rings is 1. The quantitative estimate of drug-likeness (QED) is 0.750. The molecule has 0 aliphatic heterocycles. The first kappa shape index (κ1) is 14.5. The summed E-state index contributed by atoms with van der Waals surface area (Å²) in [5, 5.41) is 11.2. The van der Waals surface area contributed by atoms with Crippen molar-refractivity contribution in [3.8, 4) is 17.2 Å². The van der Waals surface area contributed by atoms with Gasteiger partial charge in [0.15, 0.2) is 0 Å². The fraction of sp³-hybridized carbons (Fsp3) is 0.467. The topological polar surface area (TPSA) is 60.2 Å². The van der Waals surface area contributed by atoms with Gasteiger partial charge in [0.1, 0.15) is 5.75 Å². The molecule has 1 heterocycles. The fourth-order valence-corrected chi connectivity index (χ4v) is 1.70. The van der Waals surface area contributed by atoms with Gasteiger partial charge >= 0.3 is 0 Å². The van der Waals surface area contributed by atoms with E-state index in [2.05, 4.69) is 22.4 Å². The van der Waals surface area contributed by atoms with E-state index in [4.69, 9.17) is 9.15 Å². The number of rotatable bonds is 8. The molecule has 0 spiro atoms. The number of ether oxygens (including phenoxy) is 1. The van der Waals surface area contributed by atoms with Gasteiger partial charge in [-0.05, 0) is 37.2 Å². The molecule has 0 radical (unpaired) electrons. The van der Waals surface area contributed by atoms with Crippen molar-refractivity contribution in [2.75, 3.05) is 13.2 Å². The summed E-state index contributed by atoms with van der Waals surface area (Å²) in [6.45, 7) is 6.41. The molecule has 0 fully saturated rings. The van der Waals surface area contributed by atoms with Crippen molar-refractivity contribution >= 4 is 0 Å². The van der Waals surface area contributed by atoms with Gasteiger partial charge in [-0.3, -0.25) is 0 Å². The summed E-state index contributed by atoms with van der Waals surface area (Å²) >= 11 is 0. The van der Waals surface area contributed by atoms with E-state index in [-0.39, 0.29) is 0 Å². The average molecular weight is 275 g/mol. The normalized spacial score (nSPS) is 10.7. The zero-order valence-electron chi connectivity index (χ0n) is 12.1. The van der Waals surface area contributed by atoms with Gasteiger partial charge in [0, 0.05) is 5.56 Å². The Hall–Kier alpha value is -1.88. The van der Waals surface area contributed by atoms with E-state index < -0.39 is 0 Å². The van der Waals surface area contributed by atoms with Gasteiger partial charge in [0.25, 0.3) is 0 Å².